The standard InChI is InChI=1S/C19H28N2O6S/c1-4-6-17-15(5-2)21(28(25)26)13(3)16(27-17)7-8-18(22)20-11-9-14(10-12-20)19(23)24/h4-6,13-14,16,28H,1,7-12H2,2-3H3,(H,23,24)/b15-5+,17-6+/t13-,16?/m1/s1. The van der Waals surface area contributed by atoms with Crippen molar-refractivity contribution in [3.8, 4) is 0 Å². The Hall–Kier alpha value is -2.29. The maximum Gasteiger partial charge on any atom is 0.306 e. The maximum absolute atomic E-state index is 12.5. The molecule has 0 aliphatic carbocycles. The summed E-state index contributed by atoms with van der Waals surface area (Å²) in [5.74, 6) is -0.860. The van der Waals surface area contributed by atoms with E-state index in [4.69, 9.17) is 9.84 Å². The van der Waals surface area contributed by atoms with E-state index in [2.05, 4.69) is 6.58 Å². The summed E-state index contributed by atoms with van der Waals surface area (Å²) >= 11 is 0. The lowest BCUT2D eigenvalue weighted by molar-refractivity contribution is -0.145. The number of carboxylic acid groups (broad SMARTS) is 1. The van der Waals surface area contributed by atoms with E-state index in [9.17, 15) is 18.0 Å². The average molecular weight is 413 g/mol. The van der Waals surface area contributed by atoms with Gasteiger partial charge in [-0.2, -0.15) is 0 Å². The summed E-state index contributed by atoms with van der Waals surface area (Å²) in [5, 5.41) is 9.05. The Morgan fingerprint density at radius 2 is 1.96 bits per heavy atom. The van der Waals surface area contributed by atoms with Gasteiger partial charge in [0.25, 0.3) is 0 Å². The zero-order valence-electron chi connectivity index (χ0n) is 16.2. The summed E-state index contributed by atoms with van der Waals surface area (Å²) < 4.78 is 30.8. The number of amides is 1. The second-order valence-electron chi connectivity index (χ2n) is 6.95. The maximum atomic E-state index is 12.5. The highest BCUT2D eigenvalue weighted by Crippen LogP contribution is 2.32. The van der Waals surface area contributed by atoms with E-state index in [0.29, 0.717) is 43.8 Å². The van der Waals surface area contributed by atoms with E-state index in [1.54, 1.807) is 30.9 Å². The predicted octanol–water partition coefficient (Wildman–Crippen LogP) is 1.68. The first-order chi connectivity index (χ1) is 13.3. The molecule has 1 amide bonds. The molecule has 0 spiro atoms. The van der Waals surface area contributed by atoms with Crippen molar-refractivity contribution in [1.29, 1.82) is 0 Å². The molecule has 1 N–H and O–H groups in total. The molecular weight excluding hydrogens is 384 g/mol. The number of carbonyl (C=O) groups is 2. The van der Waals surface area contributed by atoms with E-state index in [0.717, 1.165) is 0 Å². The topological polar surface area (TPSA) is 104 Å². The summed E-state index contributed by atoms with van der Waals surface area (Å²) in [6.07, 6.45) is 5.83. The molecule has 2 fully saturated rings. The number of carboxylic acids is 1. The van der Waals surface area contributed by atoms with Crippen LogP contribution in [0, 0.1) is 5.92 Å². The molecule has 0 saturated carbocycles. The molecule has 0 bridgehead atoms. The van der Waals surface area contributed by atoms with E-state index in [-0.39, 0.29) is 12.3 Å². The smallest absolute Gasteiger partial charge is 0.306 e. The monoisotopic (exact) mass is 412 g/mol. The van der Waals surface area contributed by atoms with E-state index >= 15 is 0 Å². The van der Waals surface area contributed by atoms with Crippen LogP contribution in [0.25, 0.3) is 0 Å². The molecule has 2 aliphatic rings. The van der Waals surface area contributed by atoms with E-state index in [1.807, 2.05) is 0 Å². The molecule has 9 heteroatoms. The number of aliphatic carboxylic acids is 1. The minimum absolute atomic E-state index is 0.0659. The number of nitrogens with zero attached hydrogens (tertiary/aromatic N) is 2. The lowest BCUT2D eigenvalue weighted by atomic mass is 9.96. The molecule has 2 atom stereocenters. The Morgan fingerprint density at radius 3 is 2.46 bits per heavy atom. The third-order valence-electron chi connectivity index (χ3n) is 5.26. The van der Waals surface area contributed by atoms with Crippen LogP contribution in [0.15, 0.2) is 36.3 Å². The molecule has 2 aliphatic heterocycles. The lowest BCUT2D eigenvalue weighted by Gasteiger charge is -2.40. The molecule has 1 unspecified atom stereocenters. The van der Waals surface area contributed by atoms with Gasteiger partial charge >= 0.3 is 5.97 Å². The fourth-order valence-electron chi connectivity index (χ4n) is 3.65. The van der Waals surface area contributed by atoms with E-state index in [1.165, 1.54) is 10.4 Å². The van der Waals surface area contributed by atoms with Crippen LogP contribution in [-0.2, 0) is 25.2 Å². The molecule has 2 saturated heterocycles. The van der Waals surface area contributed by atoms with Crippen LogP contribution in [0.5, 0.6) is 0 Å². The van der Waals surface area contributed by atoms with Gasteiger partial charge in [0.2, 0.25) is 16.8 Å². The molecule has 0 aromatic rings. The van der Waals surface area contributed by atoms with Crippen LogP contribution in [0.4, 0.5) is 0 Å². The van der Waals surface area contributed by atoms with E-state index < -0.39 is 34.9 Å². The predicted molar refractivity (Wildman–Crippen MR) is 105 cm³/mol. The highest BCUT2D eigenvalue weighted by molar-refractivity contribution is 7.70. The number of rotatable bonds is 6. The minimum Gasteiger partial charge on any atom is -0.486 e. The highest BCUT2D eigenvalue weighted by Gasteiger charge is 2.37. The van der Waals surface area contributed by atoms with Crippen LogP contribution in [0.1, 0.15) is 39.5 Å². The molecule has 156 valence electrons. The normalized spacial score (nSPS) is 26.5. The SMILES string of the molecule is C=C/C=C1/OC(CCC(=O)N2CCC(C(=O)O)CC2)[C@@H](C)N([SH](=O)=O)/C1=C/C. The number of hydrogen-bond donors (Lipinski definition) is 2. The summed E-state index contributed by atoms with van der Waals surface area (Å²) in [6, 6.07) is -0.445. The number of allylic oxidation sites excluding steroid dienone is 3. The second-order valence-corrected chi connectivity index (χ2v) is 7.86. The van der Waals surface area contributed by atoms with Gasteiger partial charge in [0.1, 0.15) is 11.9 Å². The number of hydrogen-bond acceptors (Lipinski definition) is 5. The van der Waals surface area contributed by atoms with Gasteiger partial charge in [0, 0.05) is 19.5 Å². The summed E-state index contributed by atoms with van der Waals surface area (Å²) in [5.41, 5.74) is 0.460. The Labute approximate surface area is 167 Å². The molecule has 0 aromatic heterocycles. The van der Waals surface area contributed by atoms with Crippen molar-refractivity contribution in [3.63, 3.8) is 0 Å². The number of carbonyl (C=O) groups excluding carboxylic acids is 1. The van der Waals surface area contributed by atoms with Crippen LogP contribution in [0.2, 0.25) is 0 Å². The quantitative estimate of drug-likeness (QED) is 0.643. The molecule has 28 heavy (non-hydrogen) atoms. The third kappa shape index (κ3) is 4.95. The summed E-state index contributed by atoms with van der Waals surface area (Å²) in [7, 11) is -2.86. The Balaban J connectivity index is 2.02. The largest absolute Gasteiger partial charge is 0.486 e. The third-order valence-corrected chi connectivity index (χ3v) is 6.19. The average Bonchev–Trinajstić information content (AvgIpc) is 2.67. The summed E-state index contributed by atoms with van der Waals surface area (Å²) in [6.45, 7) is 7.99. The van der Waals surface area contributed by atoms with Gasteiger partial charge in [-0.25, -0.2) is 8.42 Å². The van der Waals surface area contributed by atoms with Crippen molar-refractivity contribution >= 4 is 22.8 Å². The Morgan fingerprint density at radius 1 is 1.32 bits per heavy atom. The van der Waals surface area contributed by atoms with Gasteiger partial charge in [-0.3, -0.25) is 13.9 Å². The fourth-order valence-corrected chi connectivity index (χ4v) is 4.49. The molecule has 2 heterocycles. The zero-order chi connectivity index (χ0) is 20.8. The van der Waals surface area contributed by atoms with Crippen molar-refractivity contribution in [3.05, 3.63) is 36.3 Å². The van der Waals surface area contributed by atoms with Crippen molar-refractivity contribution in [2.45, 2.75) is 51.7 Å². The highest BCUT2D eigenvalue weighted by atomic mass is 32.2. The van der Waals surface area contributed by atoms with Crippen LogP contribution in [-0.4, -0.2) is 59.8 Å². The number of likely N-dealkylation sites (tertiary alicyclic amines) is 1. The van der Waals surface area contributed by atoms with Crippen LogP contribution >= 0.6 is 0 Å². The van der Waals surface area contributed by atoms with Gasteiger partial charge in [-0.1, -0.05) is 18.7 Å². The first kappa shape index (κ1) is 22.0. The van der Waals surface area contributed by atoms with Crippen molar-refractivity contribution in [2.24, 2.45) is 5.92 Å². The summed E-state index contributed by atoms with van der Waals surface area (Å²) in [4.78, 5) is 25.2. The van der Waals surface area contributed by atoms with Gasteiger partial charge < -0.3 is 14.7 Å². The molecule has 0 radical (unpaired) electrons. The first-order valence-corrected chi connectivity index (χ1v) is 10.5. The second kappa shape index (κ2) is 9.77. The van der Waals surface area contributed by atoms with Crippen molar-refractivity contribution in [1.82, 2.24) is 9.21 Å². The van der Waals surface area contributed by atoms with Crippen molar-refractivity contribution < 1.29 is 27.9 Å². The number of ether oxygens (including phenoxy) is 1. The van der Waals surface area contributed by atoms with Crippen LogP contribution < -0.4 is 0 Å². The fraction of sp³-hybridized carbons (Fsp3) is 0.579. The molecule has 8 nitrogen and oxygen atoms in total. The number of thiol groups is 1. The van der Waals surface area contributed by atoms with Gasteiger partial charge in [-0.15, -0.1) is 0 Å². The number of morpholine rings is 1. The van der Waals surface area contributed by atoms with Crippen LogP contribution in [0.3, 0.4) is 0 Å². The lowest BCUT2D eigenvalue weighted by Crippen LogP contribution is -2.47. The zero-order valence-corrected chi connectivity index (χ0v) is 17.1. The Kier molecular flexibility index (Phi) is 7.68. The molecule has 2 rings (SSSR count). The Bertz CT molecular complexity index is 742. The molecular formula is C19H28N2O6S. The van der Waals surface area contributed by atoms with Crippen molar-refractivity contribution in [2.75, 3.05) is 13.1 Å². The van der Waals surface area contributed by atoms with Gasteiger partial charge in [-0.05, 0) is 39.2 Å². The molecule has 0 aromatic carbocycles. The first-order valence-electron chi connectivity index (χ1n) is 9.40. The van der Waals surface area contributed by atoms with Gasteiger partial charge in [0.15, 0.2) is 0 Å². The minimum atomic E-state index is -2.86. The number of piperidine rings is 1. The van der Waals surface area contributed by atoms with Gasteiger partial charge in [0.05, 0.1) is 17.7 Å².